The summed E-state index contributed by atoms with van der Waals surface area (Å²) < 4.78 is 1.81. The molecular weight excluding hydrogens is 298 g/mol. The summed E-state index contributed by atoms with van der Waals surface area (Å²) in [5.74, 6) is 0.980. The number of phenols is 1. The van der Waals surface area contributed by atoms with Crippen LogP contribution in [0.1, 0.15) is 26.5 Å². The zero-order chi connectivity index (χ0) is 16.3. The van der Waals surface area contributed by atoms with Crippen LogP contribution in [0, 0.1) is 6.92 Å². The monoisotopic (exact) mass is 319 g/mol. The number of para-hydroxylation sites is 1. The van der Waals surface area contributed by atoms with Crippen molar-refractivity contribution in [2.45, 2.75) is 38.1 Å². The van der Waals surface area contributed by atoms with Gasteiger partial charge in [0.25, 0.3) is 0 Å². The maximum atomic E-state index is 12.1. The third-order valence-corrected chi connectivity index (χ3v) is 4.02. The minimum absolute atomic E-state index is 0.126. The van der Waals surface area contributed by atoms with Gasteiger partial charge in [-0.05, 0) is 39.8 Å². The average molecular weight is 319 g/mol. The standard InChI is InChI=1S/C16H21N3O2S/c1-11-9-14(19(18-11)16(2,3)4)17-15(21)10-22-13-8-6-5-7-12(13)20/h5-9,20H,10H2,1-4H3,(H,17,21). The maximum absolute atomic E-state index is 12.1. The minimum Gasteiger partial charge on any atom is -0.507 e. The summed E-state index contributed by atoms with van der Waals surface area (Å²) in [4.78, 5) is 12.8. The van der Waals surface area contributed by atoms with Gasteiger partial charge < -0.3 is 10.4 Å². The third kappa shape index (κ3) is 4.04. The molecule has 0 aliphatic carbocycles. The van der Waals surface area contributed by atoms with E-state index in [1.165, 1.54) is 11.8 Å². The number of aromatic nitrogens is 2. The summed E-state index contributed by atoms with van der Waals surface area (Å²) in [6.45, 7) is 8.00. The van der Waals surface area contributed by atoms with E-state index in [1.54, 1.807) is 18.2 Å². The summed E-state index contributed by atoms with van der Waals surface area (Å²) in [6, 6.07) is 8.84. The van der Waals surface area contributed by atoms with Gasteiger partial charge in [-0.25, -0.2) is 4.68 Å². The van der Waals surface area contributed by atoms with E-state index in [9.17, 15) is 9.90 Å². The Morgan fingerprint density at radius 3 is 2.68 bits per heavy atom. The van der Waals surface area contributed by atoms with Gasteiger partial charge in [-0.1, -0.05) is 12.1 Å². The Kier molecular flexibility index (Phi) is 4.81. The maximum Gasteiger partial charge on any atom is 0.235 e. The van der Waals surface area contributed by atoms with E-state index in [4.69, 9.17) is 0 Å². The number of aryl methyl sites for hydroxylation is 1. The van der Waals surface area contributed by atoms with Crippen LogP contribution in [0.2, 0.25) is 0 Å². The Balaban J connectivity index is 2.03. The molecule has 0 radical (unpaired) electrons. The van der Waals surface area contributed by atoms with Crippen LogP contribution in [0.4, 0.5) is 5.82 Å². The van der Waals surface area contributed by atoms with Crippen molar-refractivity contribution in [3.63, 3.8) is 0 Å². The predicted octanol–water partition coefficient (Wildman–Crippen LogP) is 3.38. The van der Waals surface area contributed by atoms with Crippen LogP contribution in [-0.4, -0.2) is 26.5 Å². The Morgan fingerprint density at radius 2 is 2.05 bits per heavy atom. The summed E-state index contributed by atoms with van der Waals surface area (Å²) in [6.07, 6.45) is 0. The normalized spacial score (nSPS) is 11.5. The van der Waals surface area contributed by atoms with Crippen molar-refractivity contribution in [2.24, 2.45) is 0 Å². The molecule has 1 heterocycles. The van der Waals surface area contributed by atoms with Gasteiger partial charge in [0, 0.05) is 11.0 Å². The lowest BCUT2D eigenvalue weighted by Gasteiger charge is -2.22. The van der Waals surface area contributed by atoms with Crippen molar-refractivity contribution < 1.29 is 9.90 Å². The minimum atomic E-state index is -0.207. The van der Waals surface area contributed by atoms with Crippen LogP contribution in [0.3, 0.4) is 0 Å². The Morgan fingerprint density at radius 1 is 1.36 bits per heavy atom. The lowest BCUT2D eigenvalue weighted by atomic mass is 10.1. The van der Waals surface area contributed by atoms with Crippen molar-refractivity contribution in [3.8, 4) is 5.75 Å². The van der Waals surface area contributed by atoms with Crippen molar-refractivity contribution >= 4 is 23.5 Å². The molecule has 0 spiro atoms. The topological polar surface area (TPSA) is 67.2 Å². The molecule has 2 rings (SSSR count). The number of thioether (sulfide) groups is 1. The Hall–Kier alpha value is -1.95. The quantitative estimate of drug-likeness (QED) is 0.848. The highest BCUT2D eigenvalue weighted by Crippen LogP contribution is 2.28. The molecule has 0 unspecified atom stereocenters. The van der Waals surface area contributed by atoms with Crippen LogP contribution in [-0.2, 0) is 10.3 Å². The molecule has 1 amide bonds. The number of benzene rings is 1. The fourth-order valence-electron chi connectivity index (χ4n) is 2.00. The number of anilines is 1. The smallest absolute Gasteiger partial charge is 0.235 e. The molecule has 118 valence electrons. The second-order valence-corrected chi connectivity index (χ2v) is 7.08. The van der Waals surface area contributed by atoms with E-state index < -0.39 is 0 Å². The molecule has 0 bridgehead atoms. The highest BCUT2D eigenvalue weighted by molar-refractivity contribution is 8.00. The van der Waals surface area contributed by atoms with Crippen molar-refractivity contribution in [1.82, 2.24) is 9.78 Å². The summed E-state index contributed by atoms with van der Waals surface area (Å²) in [5.41, 5.74) is 0.653. The molecule has 0 saturated carbocycles. The van der Waals surface area contributed by atoms with E-state index in [2.05, 4.69) is 10.4 Å². The van der Waals surface area contributed by atoms with E-state index in [0.717, 1.165) is 5.69 Å². The van der Waals surface area contributed by atoms with Crippen LogP contribution in [0.15, 0.2) is 35.2 Å². The number of nitrogens with zero attached hydrogens (tertiary/aromatic N) is 2. The van der Waals surface area contributed by atoms with Crippen LogP contribution >= 0.6 is 11.8 Å². The van der Waals surface area contributed by atoms with Gasteiger partial charge in [0.05, 0.1) is 17.0 Å². The summed E-state index contributed by atoms with van der Waals surface area (Å²) in [7, 11) is 0. The lowest BCUT2D eigenvalue weighted by molar-refractivity contribution is -0.113. The number of carbonyl (C=O) groups excluding carboxylic acids is 1. The first-order chi connectivity index (χ1) is 10.3. The van der Waals surface area contributed by atoms with Gasteiger partial charge in [0.15, 0.2) is 0 Å². The van der Waals surface area contributed by atoms with E-state index in [1.807, 2.05) is 44.5 Å². The molecule has 0 fully saturated rings. The van der Waals surface area contributed by atoms with Crippen molar-refractivity contribution in [2.75, 3.05) is 11.1 Å². The van der Waals surface area contributed by atoms with Crippen LogP contribution < -0.4 is 5.32 Å². The number of rotatable bonds is 4. The zero-order valence-electron chi connectivity index (χ0n) is 13.3. The van der Waals surface area contributed by atoms with Crippen molar-refractivity contribution in [1.29, 1.82) is 0 Å². The number of hydrogen-bond donors (Lipinski definition) is 2. The molecule has 2 aromatic rings. The first-order valence-corrected chi connectivity index (χ1v) is 8.04. The van der Waals surface area contributed by atoms with Crippen LogP contribution in [0.5, 0.6) is 5.75 Å². The fraction of sp³-hybridized carbons (Fsp3) is 0.375. The molecular formula is C16H21N3O2S. The lowest BCUT2D eigenvalue weighted by Crippen LogP contribution is -2.27. The highest BCUT2D eigenvalue weighted by atomic mass is 32.2. The van der Waals surface area contributed by atoms with E-state index in [-0.39, 0.29) is 22.9 Å². The van der Waals surface area contributed by atoms with Crippen LogP contribution in [0.25, 0.3) is 0 Å². The summed E-state index contributed by atoms with van der Waals surface area (Å²) >= 11 is 1.30. The molecule has 1 aromatic carbocycles. The first-order valence-electron chi connectivity index (χ1n) is 7.05. The number of hydrogen-bond acceptors (Lipinski definition) is 4. The number of aromatic hydroxyl groups is 1. The molecule has 6 heteroatoms. The molecule has 0 atom stereocenters. The molecule has 22 heavy (non-hydrogen) atoms. The Labute approximate surface area is 134 Å². The first kappa shape index (κ1) is 16.4. The average Bonchev–Trinajstić information content (AvgIpc) is 2.78. The van der Waals surface area contributed by atoms with Crippen molar-refractivity contribution in [3.05, 3.63) is 36.0 Å². The number of carbonyl (C=O) groups is 1. The van der Waals surface area contributed by atoms with Gasteiger partial charge >= 0.3 is 0 Å². The fourth-order valence-corrected chi connectivity index (χ4v) is 2.75. The van der Waals surface area contributed by atoms with E-state index in [0.29, 0.717) is 10.7 Å². The molecule has 2 N–H and O–H groups in total. The van der Waals surface area contributed by atoms with Gasteiger partial charge in [0.1, 0.15) is 11.6 Å². The molecule has 0 aliphatic heterocycles. The largest absolute Gasteiger partial charge is 0.507 e. The molecule has 1 aromatic heterocycles. The molecule has 5 nitrogen and oxygen atoms in total. The summed E-state index contributed by atoms with van der Waals surface area (Å²) in [5, 5.41) is 17.0. The second-order valence-electron chi connectivity index (χ2n) is 6.06. The predicted molar refractivity (Wildman–Crippen MR) is 89.4 cm³/mol. The van der Waals surface area contributed by atoms with Gasteiger partial charge in [-0.2, -0.15) is 5.10 Å². The number of phenolic OH excluding ortho intramolecular Hbond substituents is 1. The third-order valence-electron chi connectivity index (χ3n) is 2.96. The van der Waals surface area contributed by atoms with Gasteiger partial charge in [0.2, 0.25) is 5.91 Å². The van der Waals surface area contributed by atoms with Gasteiger partial charge in [-0.15, -0.1) is 11.8 Å². The molecule has 0 saturated heterocycles. The molecule has 0 aliphatic rings. The number of nitrogens with one attached hydrogen (secondary N) is 1. The van der Waals surface area contributed by atoms with Gasteiger partial charge in [-0.3, -0.25) is 4.79 Å². The highest BCUT2D eigenvalue weighted by Gasteiger charge is 2.20. The van der Waals surface area contributed by atoms with E-state index >= 15 is 0 Å². The SMILES string of the molecule is Cc1cc(NC(=O)CSc2ccccc2O)n(C(C)(C)C)n1. The zero-order valence-corrected chi connectivity index (χ0v) is 14.1. The number of amides is 1. The second kappa shape index (κ2) is 6.44. The Bertz CT molecular complexity index is 674.